The molecule has 0 aromatic heterocycles. The van der Waals surface area contributed by atoms with E-state index in [0.29, 0.717) is 5.41 Å². The van der Waals surface area contributed by atoms with Crippen LogP contribution in [0.15, 0.2) is 0 Å². The molecule has 2 heteroatoms. The topological polar surface area (TPSA) is 3.24 Å². The van der Waals surface area contributed by atoms with E-state index in [-0.39, 0.29) is 0 Å². The van der Waals surface area contributed by atoms with Crippen LogP contribution >= 0.6 is 11.8 Å². The van der Waals surface area contributed by atoms with E-state index in [9.17, 15) is 0 Å². The van der Waals surface area contributed by atoms with Gasteiger partial charge in [0.15, 0.2) is 0 Å². The van der Waals surface area contributed by atoms with Gasteiger partial charge in [-0.2, -0.15) is 11.8 Å². The second-order valence-corrected chi connectivity index (χ2v) is 7.95. The Morgan fingerprint density at radius 1 is 1.17 bits per heavy atom. The molecule has 2 bridgehead atoms. The fraction of sp³-hybridized carbons (Fsp3) is 1.00. The van der Waals surface area contributed by atoms with Crippen molar-refractivity contribution < 1.29 is 0 Å². The Labute approximate surface area is 118 Å². The van der Waals surface area contributed by atoms with Gasteiger partial charge in [-0.15, -0.1) is 0 Å². The summed E-state index contributed by atoms with van der Waals surface area (Å²) in [6, 6.07) is 0. The molecule has 3 rings (SSSR count). The quantitative estimate of drug-likeness (QED) is 0.639. The van der Waals surface area contributed by atoms with Gasteiger partial charge in [0.25, 0.3) is 0 Å². The number of rotatable bonds is 7. The average Bonchev–Trinajstić information content (AvgIpc) is 2.39. The monoisotopic (exact) mass is 269 g/mol. The molecule has 0 aromatic rings. The van der Waals surface area contributed by atoms with Crippen molar-refractivity contribution in [3.05, 3.63) is 0 Å². The van der Waals surface area contributed by atoms with Crippen molar-refractivity contribution in [1.82, 2.24) is 4.90 Å². The van der Waals surface area contributed by atoms with Crippen LogP contribution in [-0.2, 0) is 0 Å². The van der Waals surface area contributed by atoms with E-state index in [1.165, 1.54) is 50.4 Å². The highest BCUT2D eigenvalue weighted by molar-refractivity contribution is 7.99. The van der Waals surface area contributed by atoms with Crippen LogP contribution < -0.4 is 0 Å². The summed E-state index contributed by atoms with van der Waals surface area (Å²) in [5.74, 6) is 5.86. The van der Waals surface area contributed by atoms with Crippen LogP contribution in [-0.4, -0.2) is 36.0 Å². The van der Waals surface area contributed by atoms with Crippen LogP contribution in [0.5, 0.6) is 0 Å². The van der Waals surface area contributed by atoms with Crippen LogP contribution in [0.1, 0.15) is 47.0 Å². The molecule has 3 aliphatic rings. The van der Waals surface area contributed by atoms with Crippen LogP contribution in [0.4, 0.5) is 0 Å². The third-order valence-corrected chi connectivity index (χ3v) is 6.91. The normalized spacial score (nSPS) is 33.5. The van der Waals surface area contributed by atoms with Crippen molar-refractivity contribution >= 4 is 11.8 Å². The van der Waals surface area contributed by atoms with Gasteiger partial charge in [0.1, 0.15) is 0 Å². The van der Waals surface area contributed by atoms with Gasteiger partial charge in [-0.05, 0) is 61.3 Å². The molecule has 3 fully saturated rings. The number of thioether (sulfide) groups is 1. The lowest BCUT2D eigenvalue weighted by molar-refractivity contribution is -0.0973. The number of nitrogens with zero attached hydrogens (tertiary/aromatic N) is 1. The van der Waals surface area contributed by atoms with Crippen LogP contribution in [0.2, 0.25) is 0 Å². The molecule has 0 N–H and O–H groups in total. The number of fused-ring (bicyclic) bond motifs is 2. The summed E-state index contributed by atoms with van der Waals surface area (Å²) in [6.45, 7) is 13.3. The summed E-state index contributed by atoms with van der Waals surface area (Å²) >= 11 is 2.21. The maximum absolute atomic E-state index is 2.54. The Hall–Kier alpha value is 0.310. The first-order chi connectivity index (χ1) is 8.59. The molecule has 18 heavy (non-hydrogen) atoms. The molecule has 3 saturated carbocycles. The highest BCUT2D eigenvalue weighted by atomic mass is 32.2. The van der Waals surface area contributed by atoms with Crippen LogP contribution in [0, 0.1) is 23.2 Å². The number of hydrogen-bond donors (Lipinski definition) is 0. The van der Waals surface area contributed by atoms with Gasteiger partial charge in [-0.3, -0.25) is 0 Å². The Bertz CT molecular complexity index is 258. The second-order valence-electron chi connectivity index (χ2n) is 6.80. The van der Waals surface area contributed by atoms with E-state index in [2.05, 4.69) is 44.4 Å². The van der Waals surface area contributed by atoms with E-state index in [0.717, 1.165) is 17.8 Å². The zero-order valence-corrected chi connectivity index (χ0v) is 13.6. The smallest absolute Gasteiger partial charge is 0.00721 e. The van der Waals surface area contributed by atoms with Gasteiger partial charge in [0.2, 0.25) is 0 Å². The lowest BCUT2D eigenvalue weighted by Crippen LogP contribution is -2.52. The fourth-order valence-electron chi connectivity index (χ4n) is 4.13. The minimum Gasteiger partial charge on any atom is -0.303 e. The summed E-state index contributed by atoms with van der Waals surface area (Å²) in [7, 11) is 0. The van der Waals surface area contributed by atoms with Gasteiger partial charge in [-0.1, -0.05) is 27.7 Å². The van der Waals surface area contributed by atoms with Gasteiger partial charge in [0.05, 0.1) is 0 Å². The Morgan fingerprint density at radius 2 is 1.89 bits per heavy atom. The molecule has 3 atom stereocenters. The highest BCUT2D eigenvalue weighted by Gasteiger charge is 2.53. The van der Waals surface area contributed by atoms with Gasteiger partial charge in [-0.25, -0.2) is 0 Å². The second kappa shape index (κ2) is 6.17. The maximum Gasteiger partial charge on any atom is 0.00721 e. The highest BCUT2D eigenvalue weighted by Crippen LogP contribution is 2.61. The third kappa shape index (κ3) is 2.90. The summed E-state index contributed by atoms with van der Waals surface area (Å²) in [5.41, 5.74) is 0.669. The van der Waals surface area contributed by atoms with Crippen molar-refractivity contribution in [2.45, 2.75) is 47.0 Å². The van der Waals surface area contributed by atoms with Crippen molar-refractivity contribution in [2.75, 3.05) is 31.1 Å². The molecular weight excluding hydrogens is 238 g/mol. The van der Waals surface area contributed by atoms with Crippen molar-refractivity contribution in [2.24, 2.45) is 23.2 Å². The summed E-state index contributed by atoms with van der Waals surface area (Å²) < 4.78 is 0. The molecular formula is C16H31NS. The van der Waals surface area contributed by atoms with E-state index in [4.69, 9.17) is 0 Å². The predicted octanol–water partition coefficient (Wildman–Crippen LogP) is 4.13. The van der Waals surface area contributed by atoms with Crippen molar-refractivity contribution in [3.63, 3.8) is 0 Å². The predicted molar refractivity (Wildman–Crippen MR) is 83.2 cm³/mol. The summed E-state index contributed by atoms with van der Waals surface area (Å²) in [4.78, 5) is 2.54. The molecule has 0 aliphatic heterocycles. The van der Waals surface area contributed by atoms with Gasteiger partial charge < -0.3 is 4.90 Å². The van der Waals surface area contributed by atoms with E-state index >= 15 is 0 Å². The molecule has 3 aliphatic carbocycles. The van der Waals surface area contributed by atoms with E-state index < -0.39 is 0 Å². The molecule has 3 unspecified atom stereocenters. The van der Waals surface area contributed by atoms with Crippen molar-refractivity contribution in [1.29, 1.82) is 0 Å². The van der Waals surface area contributed by atoms with Crippen LogP contribution in [0.25, 0.3) is 0 Å². The van der Waals surface area contributed by atoms with Gasteiger partial charge in [0, 0.05) is 12.3 Å². The maximum atomic E-state index is 2.54. The molecule has 106 valence electrons. The number of hydrogen-bond acceptors (Lipinski definition) is 2. The standard InChI is InChI=1S/C16H31NS/c1-5-17(6-2)9-10-18-12-13-7-8-14-11-15(13)16(14,3)4/h13-15H,5-12H2,1-4H3. The zero-order valence-electron chi connectivity index (χ0n) is 12.7. The minimum absolute atomic E-state index is 0.669. The first-order valence-electron chi connectivity index (χ1n) is 7.89. The summed E-state index contributed by atoms with van der Waals surface area (Å²) in [5, 5.41) is 0. The molecule has 0 saturated heterocycles. The first-order valence-corrected chi connectivity index (χ1v) is 9.05. The lowest BCUT2D eigenvalue weighted by atomic mass is 9.46. The average molecular weight is 269 g/mol. The Kier molecular flexibility index (Phi) is 5.05. The molecule has 0 spiro atoms. The summed E-state index contributed by atoms with van der Waals surface area (Å²) in [6.07, 6.45) is 4.55. The van der Waals surface area contributed by atoms with Crippen molar-refractivity contribution in [3.8, 4) is 0 Å². The Balaban J connectivity index is 1.65. The first kappa shape index (κ1) is 14.7. The molecule has 1 nitrogen and oxygen atoms in total. The molecule has 0 amide bonds. The Morgan fingerprint density at radius 3 is 2.44 bits per heavy atom. The SMILES string of the molecule is CCN(CC)CCSCC1CCC2CC1C2(C)C. The largest absolute Gasteiger partial charge is 0.303 e. The van der Waals surface area contributed by atoms with Crippen LogP contribution in [0.3, 0.4) is 0 Å². The molecule has 0 aromatic carbocycles. The molecule has 0 radical (unpaired) electrons. The lowest BCUT2D eigenvalue weighted by Gasteiger charge is -2.60. The van der Waals surface area contributed by atoms with Gasteiger partial charge >= 0.3 is 0 Å². The molecule has 0 heterocycles. The zero-order chi connectivity index (χ0) is 13.2. The van der Waals surface area contributed by atoms with E-state index in [1.807, 2.05) is 0 Å². The van der Waals surface area contributed by atoms with E-state index in [1.54, 1.807) is 0 Å². The third-order valence-electron chi connectivity index (χ3n) is 5.78. The fourth-order valence-corrected chi connectivity index (χ4v) is 5.39. The minimum atomic E-state index is 0.669.